The van der Waals surface area contributed by atoms with Crippen LogP contribution >= 0.6 is 11.8 Å². The molecular weight excluding hydrogens is 363 g/mol. The summed E-state index contributed by atoms with van der Waals surface area (Å²) in [6.45, 7) is 2.86. The molecular formula is C20H21FN4OS. The van der Waals surface area contributed by atoms with Crippen LogP contribution < -0.4 is 0 Å². The van der Waals surface area contributed by atoms with Gasteiger partial charge in [0.1, 0.15) is 5.82 Å². The van der Waals surface area contributed by atoms with Crippen LogP contribution in [0.25, 0.3) is 11.4 Å². The quantitative estimate of drug-likeness (QED) is 0.582. The number of rotatable bonds is 7. The predicted molar refractivity (Wildman–Crippen MR) is 105 cm³/mol. The average molecular weight is 384 g/mol. The molecule has 0 saturated heterocycles. The van der Waals surface area contributed by atoms with Crippen molar-refractivity contribution in [2.45, 2.75) is 18.6 Å². The fourth-order valence-electron chi connectivity index (χ4n) is 2.73. The van der Waals surface area contributed by atoms with Gasteiger partial charge in [-0.3, -0.25) is 4.79 Å². The van der Waals surface area contributed by atoms with E-state index in [2.05, 4.69) is 10.2 Å². The van der Waals surface area contributed by atoms with Crippen molar-refractivity contribution in [2.75, 3.05) is 12.3 Å². The van der Waals surface area contributed by atoms with E-state index >= 15 is 0 Å². The Morgan fingerprint density at radius 1 is 1.15 bits per heavy atom. The normalized spacial score (nSPS) is 10.8. The van der Waals surface area contributed by atoms with E-state index in [4.69, 9.17) is 0 Å². The van der Waals surface area contributed by atoms with Crippen LogP contribution in [-0.4, -0.2) is 37.9 Å². The SMILES string of the molecule is CCN(Cc1cccc(F)c1)C(=O)CSc1nnc(-c2ccccc2)n1C. The molecule has 0 aliphatic rings. The van der Waals surface area contributed by atoms with Crippen LogP contribution in [0, 0.1) is 5.82 Å². The van der Waals surface area contributed by atoms with Gasteiger partial charge in [0.2, 0.25) is 5.91 Å². The zero-order valence-corrected chi connectivity index (χ0v) is 16.1. The van der Waals surface area contributed by atoms with Crippen LogP contribution in [0.1, 0.15) is 12.5 Å². The minimum Gasteiger partial charge on any atom is -0.338 e. The molecule has 7 heteroatoms. The minimum absolute atomic E-state index is 0.0176. The first kappa shape index (κ1) is 19.1. The summed E-state index contributed by atoms with van der Waals surface area (Å²) < 4.78 is 15.2. The third kappa shape index (κ3) is 4.74. The third-order valence-corrected chi connectivity index (χ3v) is 5.19. The number of benzene rings is 2. The Labute approximate surface area is 162 Å². The molecule has 3 rings (SSSR count). The number of hydrogen-bond acceptors (Lipinski definition) is 4. The number of halogens is 1. The van der Waals surface area contributed by atoms with Crippen LogP contribution in [0.4, 0.5) is 4.39 Å². The molecule has 0 aliphatic carbocycles. The number of thioether (sulfide) groups is 1. The second-order valence-corrected chi connectivity index (χ2v) is 7.00. The zero-order valence-electron chi connectivity index (χ0n) is 15.3. The van der Waals surface area contributed by atoms with E-state index in [1.807, 2.05) is 54.9 Å². The predicted octanol–water partition coefficient (Wildman–Crippen LogP) is 3.76. The lowest BCUT2D eigenvalue weighted by Gasteiger charge is -2.20. The average Bonchev–Trinajstić information content (AvgIpc) is 3.05. The molecule has 140 valence electrons. The van der Waals surface area contributed by atoms with E-state index in [0.29, 0.717) is 18.2 Å². The molecule has 5 nitrogen and oxygen atoms in total. The number of carbonyl (C=O) groups excluding carboxylic acids is 1. The monoisotopic (exact) mass is 384 g/mol. The second kappa shape index (κ2) is 8.81. The van der Waals surface area contributed by atoms with Gasteiger partial charge in [0.25, 0.3) is 0 Å². The highest BCUT2D eigenvalue weighted by Crippen LogP contribution is 2.22. The van der Waals surface area contributed by atoms with Crippen molar-refractivity contribution in [3.63, 3.8) is 0 Å². The molecule has 27 heavy (non-hydrogen) atoms. The van der Waals surface area contributed by atoms with E-state index in [1.165, 1.54) is 23.9 Å². The summed E-state index contributed by atoms with van der Waals surface area (Å²) in [6.07, 6.45) is 0. The first-order valence-electron chi connectivity index (χ1n) is 8.68. The van der Waals surface area contributed by atoms with Gasteiger partial charge >= 0.3 is 0 Å². The summed E-state index contributed by atoms with van der Waals surface area (Å²) in [4.78, 5) is 14.3. The van der Waals surface area contributed by atoms with Gasteiger partial charge in [-0.05, 0) is 24.6 Å². The zero-order chi connectivity index (χ0) is 19.2. The Kier molecular flexibility index (Phi) is 6.24. The van der Waals surface area contributed by atoms with Crippen molar-refractivity contribution >= 4 is 17.7 Å². The van der Waals surface area contributed by atoms with Crippen molar-refractivity contribution in [1.29, 1.82) is 0 Å². The molecule has 0 radical (unpaired) electrons. The summed E-state index contributed by atoms with van der Waals surface area (Å²) in [6, 6.07) is 16.1. The molecule has 0 unspecified atom stereocenters. The molecule has 1 aromatic heterocycles. The maximum Gasteiger partial charge on any atom is 0.233 e. The van der Waals surface area contributed by atoms with Gasteiger partial charge < -0.3 is 9.47 Å². The lowest BCUT2D eigenvalue weighted by atomic mass is 10.2. The summed E-state index contributed by atoms with van der Waals surface area (Å²) in [5, 5.41) is 9.12. The van der Waals surface area contributed by atoms with Gasteiger partial charge in [-0.2, -0.15) is 0 Å². The van der Waals surface area contributed by atoms with E-state index in [-0.39, 0.29) is 17.5 Å². The van der Waals surface area contributed by atoms with Gasteiger partial charge in [-0.25, -0.2) is 4.39 Å². The van der Waals surface area contributed by atoms with Gasteiger partial charge in [0, 0.05) is 25.7 Å². The standard InChI is InChI=1S/C20H21FN4OS/c1-3-25(13-15-8-7-11-17(21)12-15)18(26)14-27-20-23-22-19(24(20)2)16-9-5-4-6-10-16/h4-12H,3,13-14H2,1-2H3. The van der Waals surface area contributed by atoms with E-state index in [0.717, 1.165) is 17.0 Å². The van der Waals surface area contributed by atoms with Gasteiger partial charge in [-0.15, -0.1) is 10.2 Å². The summed E-state index contributed by atoms with van der Waals surface area (Å²) in [7, 11) is 1.89. The molecule has 2 aromatic carbocycles. The first-order valence-corrected chi connectivity index (χ1v) is 9.67. The lowest BCUT2D eigenvalue weighted by Crippen LogP contribution is -2.31. The Morgan fingerprint density at radius 2 is 1.93 bits per heavy atom. The van der Waals surface area contributed by atoms with Crippen LogP contribution in [-0.2, 0) is 18.4 Å². The Balaban J connectivity index is 1.63. The van der Waals surface area contributed by atoms with Crippen molar-refractivity contribution < 1.29 is 9.18 Å². The van der Waals surface area contributed by atoms with E-state index in [9.17, 15) is 9.18 Å². The molecule has 0 saturated carbocycles. The fourth-order valence-corrected chi connectivity index (χ4v) is 3.54. The van der Waals surface area contributed by atoms with E-state index < -0.39 is 0 Å². The molecule has 0 bridgehead atoms. The minimum atomic E-state index is -0.294. The second-order valence-electron chi connectivity index (χ2n) is 6.06. The molecule has 0 N–H and O–H groups in total. The van der Waals surface area contributed by atoms with Crippen LogP contribution in [0.5, 0.6) is 0 Å². The number of amides is 1. The van der Waals surface area contributed by atoms with Gasteiger partial charge in [-0.1, -0.05) is 54.2 Å². The highest BCUT2D eigenvalue weighted by Gasteiger charge is 2.16. The molecule has 0 fully saturated rings. The van der Waals surface area contributed by atoms with E-state index in [1.54, 1.807) is 11.0 Å². The molecule has 1 amide bonds. The van der Waals surface area contributed by atoms with Gasteiger partial charge in [0.05, 0.1) is 5.75 Å². The molecule has 0 atom stereocenters. The Bertz CT molecular complexity index is 913. The highest BCUT2D eigenvalue weighted by molar-refractivity contribution is 7.99. The van der Waals surface area contributed by atoms with Gasteiger partial charge in [0.15, 0.2) is 11.0 Å². The number of carbonyl (C=O) groups is 1. The number of aromatic nitrogens is 3. The summed E-state index contributed by atoms with van der Waals surface area (Å²) in [5.41, 5.74) is 1.76. The number of nitrogens with zero attached hydrogens (tertiary/aromatic N) is 4. The van der Waals surface area contributed by atoms with Crippen molar-refractivity contribution in [3.8, 4) is 11.4 Å². The van der Waals surface area contributed by atoms with Crippen molar-refractivity contribution in [2.24, 2.45) is 7.05 Å². The first-order chi connectivity index (χ1) is 13.1. The Hall–Kier alpha value is -2.67. The third-order valence-electron chi connectivity index (χ3n) is 4.19. The molecule has 0 aliphatic heterocycles. The Morgan fingerprint density at radius 3 is 2.63 bits per heavy atom. The topological polar surface area (TPSA) is 51.0 Å². The molecule has 1 heterocycles. The largest absolute Gasteiger partial charge is 0.338 e. The molecule has 0 spiro atoms. The number of hydrogen-bond donors (Lipinski definition) is 0. The van der Waals surface area contributed by atoms with Crippen LogP contribution in [0.15, 0.2) is 59.8 Å². The van der Waals surface area contributed by atoms with Crippen molar-refractivity contribution in [1.82, 2.24) is 19.7 Å². The maximum absolute atomic E-state index is 13.4. The van der Waals surface area contributed by atoms with Crippen LogP contribution in [0.3, 0.4) is 0 Å². The van der Waals surface area contributed by atoms with Crippen molar-refractivity contribution in [3.05, 3.63) is 66.0 Å². The summed E-state index contributed by atoms with van der Waals surface area (Å²) in [5.74, 6) is 0.704. The molecule has 3 aromatic rings. The summed E-state index contributed by atoms with van der Waals surface area (Å²) >= 11 is 1.35. The van der Waals surface area contributed by atoms with Crippen LogP contribution in [0.2, 0.25) is 0 Å². The fraction of sp³-hybridized carbons (Fsp3) is 0.250. The smallest absolute Gasteiger partial charge is 0.233 e. The lowest BCUT2D eigenvalue weighted by molar-refractivity contribution is -0.128. The maximum atomic E-state index is 13.4. The highest BCUT2D eigenvalue weighted by atomic mass is 32.2.